The van der Waals surface area contributed by atoms with Crippen LogP contribution in [0.5, 0.6) is 0 Å². The van der Waals surface area contributed by atoms with Gasteiger partial charge in [-0.1, -0.05) is 6.92 Å². The zero-order valence-corrected chi connectivity index (χ0v) is 12.5. The summed E-state index contributed by atoms with van der Waals surface area (Å²) in [5, 5.41) is 3.28. The number of nitrogens with zero attached hydrogens (tertiary/aromatic N) is 1. The molecule has 1 saturated heterocycles. The van der Waals surface area contributed by atoms with Crippen molar-refractivity contribution in [3.05, 3.63) is 0 Å². The Morgan fingerprint density at radius 1 is 1.39 bits per heavy atom. The summed E-state index contributed by atoms with van der Waals surface area (Å²) in [6.07, 6.45) is 1.33. The molecular formula is C13H24N2O2S. The Morgan fingerprint density at radius 3 is 2.56 bits per heavy atom. The van der Waals surface area contributed by atoms with Gasteiger partial charge in [-0.15, -0.1) is 0 Å². The normalized spacial score (nSPS) is 22.1. The second-order valence-corrected chi connectivity index (χ2v) is 6.40. The molecular weight excluding hydrogens is 248 g/mol. The van der Waals surface area contributed by atoms with Gasteiger partial charge in [-0.2, -0.15) is 11.8 Å². The van der Waals surface area contributed by atoms with E-state index >= 15 is 0 Å². The van der Waals surface area contributed by atoms with Crippen LogP contribution in [0.25, 0.3) is 0 Å². The molecule has 1 rings (SSSR count). The molecule has 0 bridgehead atoms. The van der Waals surface area contributed by atoms with Crippen molar-refractivity contribution in [2.45, 2.75) is 58.7 Å². The minimum atomic E-state index is -0.318. The van der Waals surface area contributed by atoms with E-state index in [-0.39, 0.29) is 29.9 Å². The van der Waals surface area contributed by atoms with Crippen LogP contribution in [-0.2, 0) is 9.59 Å². The van der Waals surface area contributed by atoms with E-state index in [4.69, 9.17) is 0 Å². The van der Waals surface area contributed by atoms with E-state index in [0.29, 0.717) is 6.42 Å². The summed E-state index contributed by atoms with van der Waals surface area (Å²) in [5.41, 5.74) is 0. The van der Waals surface area contributed by atoms with E-state index in [0.717, 1.165) is 17.9 Å². The maximum absolute atomic E-state index is 12.1. The fourth-order valence-corrected chi connectivity index (χ4v) is 2.96. The van der Waals surface area contributed by atoms with Crippen molar-refractivity contribution in [1.82, 2.24) is 10.2 Å². The van der Waals surface area contributed by atoms with Gasteiger partial charge in [0.15, 0.2) is 0 Å². The second kappa shape index (κ2) is 7.14. The summed E-state index contributed by atoms with van der Waals surface area (Å²) in [6, 6.07) is -0.0813. The smallest absolute Gasteiger partial charge is 0.247 e. The number of imide groups is 1. The molecule has 0 aromatic heterocycles. The lowest BCUT2D eigenvalue weighted by atomic mass is 10.2. The van der Waals surface area contributed by atoms with Crippen molar-refractivity contribution in [2.75, 3.05) is 11.5 Å². The molecule has 1 N–H and O–H groups in total. The zero-order valence-electron chi connectivity index (χ0n) is 11.7. The first-order chi connectivity index (χ1) is 8.47. The van der Waals surface area contributed by atoms with Crippen molar-refractivity contribution in [3.63, 3.8) is 0 Å². The molecule has 18 heavy (non-hydrogen) atoms. The highest BCUT2D eigenvalue weighted by atomic mass is 32.2. The largest absolute Gasteiger partial charge is 0.303 e. The summed E-state index contributed by atoms with van der Waals surface area (Å²) < 4.78 is 0. The van der Waals surface area contributed by atoms with Crippen LogP contribution in [0, 0.1) is 0 Å². The van der Waals surface area contributed by atoms with Gasteiger partial charge in [0.2, 0.25) is 11.8 Å². The lowest BCUT2D eigenvalue weighted by Gasteiger charge is -2.21. The van der Waals surface area contributed by atoms with Gasteiger partial charge in [0.05, 0.1) is 12.5 Å². The average molecular weight is 272 g/mol. The Bertz CT molecular complexity index is 307. The number of carbonyl (C=O) groups excluding carboxylic acids is 2. The van der Waals surface area contributed by atoms with Crippen LogP contribution in [0.3, 0.4) is 0 Å². The maximum atomic E-state index is 12.1. The van der Waals surface area contributed by atoms with Gasteiger partial charge in [0.1, 0.15) is 0 Å². The molecule has 0 aliphatic carbocycles. The third-order valence-corrected chi connectivity index (χ3v) is 4.02. The van der Waals surface area contributed by atoms with Crippen LogP contribution < -0.4 is 5.32 Å². The number of rotatable bonds is 7. The van der Waals surface area contributed by atoms with Gasteiger partial charge in [-0.05, 0) is 38.7 Å². The van der Waals surface area contributed by atoms with Crippen LogP contribution in [0.1, 0.15) is 40.5 Å². The summed E-state index contributed by atoms with van der Waals surface area (Å²) >= 11 is 1.90. The molecule has 104 valence electrons. The number of nitrogens with one attached hydrogen (secondary N) is 1. The zero-order chi connectivity index (χ0) is 13.7. The van der Waals surface area contributed by atoms with Crippen molar-refractivity contribution in [1.29, 1.82) is 0 Å². The molecule has 2 atom stereocenters. The molecule has 0 aromatic rings. The Hall–Kier alpha value is -0.550. The molecule has 1 fully saturated rings. The number of thioether (sulfide) groups is 1. The summed E-state index contributed by atoms with van der Waals surface area (Å²) in [4.78, 5) is 25.2. The molecule has 2 amide bonds. The minimum absolute atomic E-state index is 0.0391. The molecule has 0 radical (unpaired) electrons. The lowest BCUT2D eigenvalue weighted by molar-refractivity contribution is -0.140. The highest BCUT2D eigenvalue weighted by molar-refractivity contribution is 7.99. The van der Waals surface area contributed by atoms with E-state index in [1.165, 1.54) is 4.90 Å². The van der Waals surface area contributed by atoms with Gasteiger partial charge in [0.25, 0.3) is 0 Å². The number of likely N-dealkylation sites (tertiary alicyclic amines) is 1. The number of hydrogen-bond acceptors (Lipinski definition) is 4. The van der Waals surface area contributed by atoms with Gasteiger partial charge in [0, 0.05) is 12.1 Å². The topological polar surface area (TPSA) is 49.4 Å². The van der Waals surface area contributed by atoms with E-state index in [9.17, 15) is 9.59 Å². The minimum Gasteiger partial charge on any atom is -0.303 e. The van der Waals surface area contributed by atoms with Gasteiger partial charge >= 0.3 is 0 Å². The SMILES string of the molecule is CCSCCC(C)NC1CC(=O)N(C(C)C)C1=O. The molecule has 0 aromatic carbocycles. The Balaban J connectivity index is 2.44. The molecule has 0 spiro atoms. The Morgan fingerprint density at radius 2 is 2.06 bits per heavy atom. The third kappa shape index (κ3) is 3.99. The van der Waals surface area contributed by atoms with Crippen LogP contribution in [0.15, 0.2) is 0 Å². The third-order valence-electron chi connectivity index (χ3n) is 3.08. The summed E-state index contributed by atoms with van der Waals surface area (Å²) in [6.45, 7) is 7.97. The molecule has 5 heteroatoms. The lowest BCUT2D eigenvalue weighted by Crippen LogP contribution is -2.44. The first kappa shape index (κ1) is 15.5. The van der Waals surface area contributed by atoms with E-state index in [2.05, 4.69) is 19.2 Å². The van der Waals surface area contributed by atoms with Crippen molar-refractivity contribution < 1.29 is 9.59 Å². The molecule has 1 aliphatic heterocycles. The fraction of sp³-hybridized carbons (Fsp3) is 0.846. The molecule has 4 nitrogen and oxygen atoms in total. The molecule has 0 saturated carbocycles. The molecule has 1 heterocycles. The quantitative estimate of drug-likeness (QED) is 0.565. The van der Waals surface area contributed by atoms with Crippen LogP contribution >= 0.6 is 11.8 Å². The van der Waals surface area contributed by atoms with Crippen LogP contribution in [-0.4, -0.2) is 46.3 Å². The molecule has 1 aliphatic rings. The number of amides is 2. The van der Waals surface area contributed by atoms with Crippen molar-refractivity contribution >= 4 is 23.6 Å². The predicted octanol–water partition coefficient (Wildman–Crippen LogP) is 1.64. The molecule has 2 unspecified atom stereocenters. The second-order valence-electron chi connectivity index (χ2n) is 5.01. The highest BCUT2D eigenvalue weighted by Gasteiger charge is 2.40. The monoisotopic (exact) mass is 272 g/mol. The highest BCUT2D eigenvalue weighted by Crippen LogP contribution is 2.17. The standard InChI is InChI=1S/C13H24N2O2S/c1-5-18-7-6-10(4)14-11-8-12(16)15(9(2)3)13(11)17/h9-11,14H,5-8H2,1-4H3. The average Bonchev–Trinajstić information content (AvgIpc) is 2.54. The van der Waals surface area contributed by atoms with Crippen molar-refractivity contribution in [3.8, 4) is 0 Å². The van der Waals surface area contributed by atoms with Crippen LogP contribution in [0.2, 0.25) is 0 Å². The van der Waals surface area contributed by atoms with Crippen LogP contribution in [0.4, 0.5) is 0 Å². The first-order valence-electron chi connectivity index (χ1n) is 6.67. The van der Waals surface area contributed by atoms with E-state index < -0.39 is 0 Å². The van der Waals surface area contributed by atoms with E-state index in [1.807, 2.05) is 25.6 Å². The van der Waals surface area contributed by atoms with E-state index in [1.54, 1.807) is 0 Å². The number of carbonyl (C=O) groups is 2. The fourth-order valence-electron chi connectivity index (χ4n) is 2.15. The Kier molecular flexibility index (Phi) is 6.15. The summed E-state index contributed by atoms with van der Waals surface area (Å²) in [7, 11) is 0. The first-order valence-corrected chi connectivity index (χ1v) is 7.82. The van der Waals surface area contributed by atoms with Gasteiger partial charge in [-0.25, -0.2) is 0 Å². The number of hydrogen-bond donors (Lipinski definition) is 1. The predicted molar refractivity (Wildman–Crippen MR) is 75.6 cm³/mol. The van der Waals surface area contributed by atoms with Gasteiger partial charge in [-0.3, -0.25) is 14.5 Å². The Labute approximate surface area is 114 Å². The maximum Gasteiger partial charge on any atom is 0.247 e. The van der Waals surface area contributed by atoms with Crippen molar-refractivity contribution in [2.24, 2.45) is 0 Å². The summed E-state index contributed by atoms with van der Waals surface area (Å²) in [5.74, 6) is 2.09. The van der Waals surface area contributed by atoms with Gasteiger partial charge < -0.3 is 5.32 Å².